The highest BCUT2D eigenvalue weighted by atomic mass is 32.2. The first-order valence-corrected chi connectivity index (χ1v) is 8.92. The zero-order valence-corrected chi connectivity index (χ0v) is 13.1. The van der Waals surface area contributed by atoms with Crippen LogP contribution in [-0.4, -0.2) is 45.9 Å². The van der Waals surface area contributed by atoms with Gasteiger partial charge in [0.25, 0.3) is 10.2 Å². The largest absolute Gasteiger partial charge is 0.317 e. The average Bonchev–Trinajstić information content (AvgIpc) is 2.31. The summed E-state index contributed by atoms with van der Waals surface area (Å²) in [5, 5.41) is 3.27. The Bertz CT molecular complexity index is 329. The van der Waals surface area contributed by atoms with Gasteiger partial charge in [-0.15, -0.1) is 0 Å². The molecule has 0 aliphatic heterocycles. The molecule has 0 spiro atoms. The molecule has 19 heavy (non-hydrogen) atoms. The molecule has 1 fully saturated rings. The number of hydrogen-bond donors (Lipinski definition) is 2. The van der Waals surface area contributed by atoms with Crippen molar-refractivity contribution in [1.29, 1.82) is 0 Å². The Kier molecular flexibility index (Phi) is 7.90. The first-order chi connectivity index (χ1) is 9.06. The van der Waals surface area contributed by atoms with Crippen molar-refractivity contribution in [3.05, 3.63) is 0 Å². The summed E-state index contributed by atoms with van der Waals surface area (Å²) in [6, 6.07) is 0. The summed E-state index contributed by atoms with van der Waals surface area (Å²) in [5.41, 5.74) is 0. The van der Waals surface area contributed by atoms with Gasteiger partial charge in [-0.05, 0) is 38.3 Å². The van der Waals surface area contributed by atoms with Gasteiger partial charge in [-0.25, -0.2) is 4.72 Å². The van der Waals surface area contributed by atoms with E-state index in [9.17, 15) is 8.42 Å². The molecule has 0 aromatic carbocycles. The van der Waals surface area contributed by atoms with Crippen LogP contribution in [0.5, 0.6) is 0 Å². The van der Waals surface area contributed by atoms with Crippen LogP contribution >= 0.6 is 0 Å². The van der Waals surface area contributed by atoms with Crippen molar-refractivity contribution in [2.75, 3.05) is 33.2 Å². The van der Waals surface area contributed by atoms with E-state index in [1.54, 1.807) is 7.05 Å². The van der Waals surface area contributed by atoms with E-state index in [1.807, 2.05) is 0 Å². The van der Waals surface area contributed by atoms with Crippen LogP contribution in [0.15, 0.2) is 0 Å². The van der Waals surface area contributed by atoms with Crippen LogP contribution in [0.1, 0.15) is 45.4 Å². The summed E-state index contributed by atoms with van der Waals surface area (Å²) in [6.07, 6.45) is 6.77. The number of rotatable bonds is 11. The molecule has 2 N–H and O–H groups in total. The molecule has 5 nitrogen and oxygen atoms in total. The quantitative estimate of drug-likeness (QED) is 0.565. The molecular formula is C13H29N3O2S. The van der Waals surface area contributed by atoms with Crippen LogP contribution in [0.2, 0.25) is 0 Å². The van der Waals surface area contributed by atoms with Gasteiger partial charge in [-0.1, -0.05) is 26.2 Å². The molecule has 0 aromatic rings. The van der Waals surface area contributed by atoms with E-state index in [-0.39, 0.29) is 0 Å². The van der Waals surface area contributed by atoms with E-state index >= 15 is 0 Å². The second-order valence-electron chi connectivity index (χ2n) is 5.41. The minimum atomic E-state index is -3.28. The lowest BCUT2D eigenvalue weighted by Crippen LogP contribution is -2.40. The zero-order chi connectivity index (χ0) is 14.1. The average molecular weight is 291 g/mol. The highest BCUT2D eigenvalue weighted by molar-refractivity contribution is 7.87. The Balaban J connectivity index is 2.11. The Morgan fingerprint density at radius 2 is 1.95 bits per heavy atom. The highest BCUT2D eigenvalue weighted by Crippen LogP contribution is 2.28. The van der Waals surface area contributed by atoms with Gasteiger partial charge in [-0.2, -0.15) is 12.7 Å². The van der Waals surface area contributed by atoms with Crippen LogP contribution in [0.3, 0.4) is 0 Å². The molecule has 114 valence electrons. The molecular weight excluding hydrogens is 262 g/mol. The van der Waals surface area contributed by atoms with Crippen LogP contribution < -0.4 is 10.0 Å². The van der Waals surface area contributed by atoms with Gasteiger partial charge in [-0.3, -0.25) is 0 Å². The van der Waals surface area contributed by atoms with E-state index in [4.69, 9.17) is 0 Å². The monoisotopic (exact) mass is 291 g/mol. The molecule has 0 saturated heterocycles. The van der Waals surface area contributed by atoms with E-state index in [2.05, 4.69) is 17.0 Å². The third-order valence-corrected chi connectivity index (χ3v) is 5.30. The van der Waals surface area contributed by atoms with Gasteiger partial charge in [0, 0.05) is 20.1 Å². The lowest BCUT2D eigenvalue weighted by atomic mass is 9.83. The van der Waals surface area contributed by atoms with Crippen molar-refractivity contribution in [3.63, 3.8) is 0 Å². The fraction of sp³-hybridized carbons (Fsp3) is 1.00. The summed E-state index contributed by atoms with van der Waals surface area (Å²) in [4.78, 5) is 0. The van der Waals surface area contributed by atoms with Crippen molar-refractivity contribution in [2.24, 2.45) is 5.92 Å². The Morgan fingerprint density at radius 3 is 2.53 bits per heavy atom. The Hall–Kier alpha value is -0.170. The number of nitrogens with one attached hydrogen (secondary N) is 2. The van der Waals surface area contributed by atoms with Crippen LogP contribution in [0.4, 0.5) is 0 Å². The summed E-state index contributed by atoms with van der Waals surface area (Å²) in [5.74, 6) is 0.742. The van der Waals surface area contributed by atoms with Crippen LogP contribution in [0.25, 0.3) is 0 Å². The van der Waals surface area contributed by atoms with Crippen LogP contribution in [0, 0.1) is 5.92 Å². The molecule has 0 heterocycles. The van der Waals surface area contributed by atoms with Gasteiger partial charge in [0.2, 0.25) is 0 Å². The topological polar surface area (TPSA) is 61.4 Å². The van der Waals surface area contributed by atoms with E-state index in [1.165, 1.54) is 23.6 Å². The lowest BCUT2D eigenvalue weighted by Gasteiger charge is -2.25. The fourth-order valence-electron chi connectivity index (χ4n) is 2.13. The molecule has 0 unspecified atom stereocenters. The molecule has 0 radical (unpaired) electrons. The minimum Gasteiger partial charge on any atom is -0.317 e. The number of nitrogens with zero attached hydrogens (tertiary/aromatic N) is 1. The molecule has 1 aliphatic rings. The predicted molar refractivity (Wildman–Crippen MR) is 79.3 cm³/mol. The number of hydrogen-bond acceptors (Lipinski definition) is 3. The standard InChI is InChI=1S/C13H29N3O2S/c1-3-9-14-10-5-12-16(2)19(17,18)15-11-8-13-6-4-7-13/h13-15H,3-12H2,1-2H3. The molecule has 0 aromatic heterocycles. The molecule has 0 amide bonds. The van der Waals surface area contributed by atoms with Gasteiger partial charge < -0.3 is 5.32 Å². The first kappa shape index (κ1) is 16.9. The van der Waals surface area contributed by atoms with Crippen molar-refractivity contribution in [2.45, 2.75) is 45.4 Å². The van der Waals surface area contributed by atoms with Gasteiger partial charge >= 0.3 is 0 Å². The maximum absolute atomic E-state index is 11.9. The Labute approximate surface area is 118 Å². The van der Waals surface area contributed by atoms with Crippen molar-refractivity contribution in [1.82, 2.24) is 14.3 Å². The summed E-state index contributed by atoms with van der Waals surface area (Å²) in [7, 11) is -1.63. The second kappa shape index (κ2) is 8.89. The maximum Gasteiger partial charge on any atom is 0.279 e. The maximum atomic E-state index is 11.9. The van der Waals surface area contributed by atoms with Gasteiger partial charge in [0.05, 0.1) is 0 Å². The van der Waals surface area contributed by atoms with Crippen molar-refractivity contribution in [3.8, 4) is 0 Å². The molecule has 1 aliphatic carbocycles. The van der Waals surface area contributed by atoms with Crippen molar-refractivity contribution >= 4 is 10.2 Å². The fourth-order valence-corrected chi connectivity index (χ4v) is 3.10. The smallest absolute Gasteiger partial charge is 0.279 e. The van der Waals surface area contributed by atoms with Gasteiger partial charge in [0.1, 0.15) is 0 Å². The minimum absolute atomic E-state index is 0.565. The zero-order valence-electron chi connectivity index (χ0n) is 12.3. The molecule has 0 atom stereocenters. The molecule has 1 saturated carbocycles. The Morgan fingerprint density at radius 1 is 1.21 bits per heavy atom. The van der Waals surface area contributed by atoms with E-state index < -0.39 is 10.2 Å². The molecule has 6 heteroatoms. The molecule has 1 rings (SSSR count). The highest BCUT2D eigenvalue weighted by Gasteiger charge is 2.20. The summed E-state index contributed by atoms with van der Waals surface area (Å²) >= 11 is 0. The van der Waals surface area contributed by atoms with E-state index in [0.717, 1.165) is 38.3 Å². The van der Waals surface area contributed by atoms with E-state index in [0.29, 0.717) is 13.1 Å². The summed E-state index contributed by atoms with van der Waals surface area (Å²) < 4.78 is 28.0. The summed E-state index contributed by atoms with van der Waals surface area (Å²) in [6.45, 7) is 5.13. The normalized spacial score (nSPS) is 16.8. The first-order valence-electron chi connectivity index (χ1n) is 7.48. The van der Waals surface area contributed by atoms with Crippen LogP contribution in [-0.2, 0) is 10.2 Å². The van der Waals surface area contributed by atoms with Gasteiger partial charge in [0.15, 0.2) is 0 Å². The molecule has 0 bridgehead atoms. The lowest BCUT2D eigenvalue weighted by molar-refractivity contribution is 0.296. The van der Waals surface area contributed by atoms with Crippen molar-refractivity contribution < 1.29 is 8.42 Å². The third-order valence-electron chi connectivity index (χ3n) is 3.73. The third kappa shape index (κ3) is 6.70. The second-order valence-corrected chi connectivity index (χ2v) is 7.27. The SMILES string of the molecule is CCCNCCCN(C)S(=O)(=O)NCCC1CCC1. The predicted octanol–water partition coefficient (Wildman–Crippen LogP) is 1.33.